The van der Waals surface area contributed by atoms with Crippen molar-refractivity contribution in [3.63, 3.8) is 0 Å². The number of nitrogens with one attached hydrogen (secondary N) is 2. The van der Waals surface area contributed by atoms with E-state index >= 15 is 0 Å². The van der Waals surface area contributed by atoms with Crippen molar-refractivity contribution in [3.8, 4) is 11.4 Å². The second-order valence-electron chi connectivity index (χ2n) is 7.52. The third kappa shape index (κ3) is 5.69. The maximum atomic E-state index is 12.7. The van der Waals surface area contributed by atoms with Gasteiger partial charge in [-0.05, 0) is 51.5 Å². The maximum Gasteiger partial charge on any atom is 0.253 e. The highest BCUT2D eigenvalue weighted by molar-refractivity contribution is 7.99. The van der Waals surface area contributed by atoms with Crippen LogP contribution in [0.5, 0.6) is 0 Å². The molecule has 3 aromatic rings. The molecule has 0 saturated carbocycles. The number of rotatable bonds is 8. The summed E-state index contributed by atoms with van der Waals surface area (Å²) in [7, 11) is 0. The number of amides is 2. The molecule has 0 spiro atoms. The van der Waals surface area contributed by atoms with Gasteiger partial charge in [-0.2, -0.15) is 0 Å². The molecule has 0 aliphatic rings. The quantitative estimate of drug-likeness (QED) is 0.461. The highest BCUT2D eigenvalue weighted by Gasteiger charge is 2.18. The highest BCUT2D eigenvalue weighted by Crippen LogP contribution is 2.27. The molecule has 9 heteroatoms. The van der Waals surface area contributed by atoms with Crippen LogP contribution in [-0.4, -0.2) is 38.4 Å². The Morgan fingerprint density at radius 2 is 1.91 bits per heavy atom. The number of carbonyl (C=O) groups excluding carboxylic acids is 2. The lowest BCUT2D eigenvalue weighted by Crippen LogP contribution is -2.31. The van der Waals surface area contributed by atoms with Crippen LogP contribution in [0.1, 0.15) is 36.7 Å². The van der Waals surface area contributed by atoms with Crippen molar-refractivity contribution in [1.82, 2.24) is 20.1 Å². The van der Waals surface area contributed by atoms with Gasteiger partial charge in [-0.3, -0.25) is 9.59 Å². The minimum atomic E-state index is -0.270. The molecular formula is C23H26ClN5O2S. The van der Waals surface area contributed by atoms with Crippen molar-refractivity contribution in [3.05, 3.63) is 58.6 Å². The minimum absolute atomic E-state index is 0.0277. The van der Waals surface area contributed by atoms with Crippen LogP contribution in [0.2, 0.25) is 5.02 Å². The number of halogens is 1. The largest absolute Gasteiger partial charge is 0.350 e. The zero-order chi connectivity index (χ0) is 23.3. The van der Waals surface area contributed by atoms with Gasteiger partial charge in [-0.15, -0.1) is 10.2 Å². The number of aryl methyl sites for hydroxylation is 1. The van der Waals surface area contributed by atoms with Gasteiger partial charge in [0.25, 0.3) is 5.91 Å². The smallest absolute Gasteiger partial charge is 0.253 e. The Morgan fingerprint density at radius 1 is 1.16 bits per heavy atom. The van der Waals surface area contributed by atoms with Gasteiger partial charge in [0.15, 0.2) is 11.0 Å². The average molecular weight is 472 g/mol. The molecule has 3 rings (SSSR count). The predicted octanol–water partition coefficient (Wildman–Crippen LogP) is 4.80. The first-order chi connectivity index (χ1) is 15.3. The molecule has 1 aromatic heterocycles. The zero-order valence-corrected chi connectivity index (χ0v) is 20.0. The first-order valence-electron chi connectivity index (χ1n) is 10.3. The highest BCUT2D eigenvalue weighted by atomic mass is 35.5. The number of anilines is 1. The number of carbonyl (C=O) groups is 2. The van der Waals surface area contributed by atoms with Crippen LogP contribution >= 0.6 is 23.4 Å². The second-order valence-corrected chi connectivity index (χ2v) is 8.90. The Bertz CT molecular complexity index is 1130. The summed E-state index contributed by atoms with van der Waals surface area (Å²) < 4.78 is 1.99. The van der Waals surface area contributed by atoms with E-state index in [0.717, 1.165) is 17.0 Å². The van der Waals surface area contributed by atoms with Gasteiger partial charge in [-0.25, -0.2) is 0 Å². The van der Waals surface area contributed by atoms with Gasteiger partial charge in [0.05, 0.1) is 17.0 Å². The van der Waals surface area contributed by atoms with E-state index in [1.807, 2.05) is 56.5 Å². The molecule has 1 heterocycles. The molecule has 2 aromatic carbocycles. The summed E-state index contributed by atoms with van der Waals surface area (Å²) >= 11 is 7.38. The third-order valence-electron chi connectivity index (χ3n) is 4.67. The molecular weight excluding hydrogens is 446 g/mol. The number of aromatic nitrogens is 3. The number of hydrogen-bond acceptors (Lipinski definition) is 5. The Hall–Kier alpha value is -2.84. The number of nitrogens with zero attached hydrogens (tertiary/aromatic N) is 3. The molecule has 0 bridgehead atoms. The lowest BCUT2D eigenvalue weighted by atomic mass is 10.1. The lowest BCUT2D eigenvalue weighted by Gasteiger charge is -2.14. The summed E-state index contributed by atoms with van der Waals surface area (Å²) in [4.78, 5) is 25.1. The molecule has 7 nitrogen and oxygen atoms in total. The number of thioether (sulfide) groups is 1. The SMILES string of the molecule is CCn1c(SCC(=O)Nc2cc(Cl)ccc2C(=O)NC(C)C)nnc1-c1ccccc1C. The van der Waals surface area contributed by atoms with Gasteiger partial charge < -0.3 is 15.2 Å². The van der Waals surface area contributed by atoms with Crippen molar-refractivity contribution in [2.75, 3.05) is 11.1 Å². The molecule has 0 atom stereocenters. The fourth-order valence-corrected chi connectivity index (χ4v) is 4.15. The van der Waals surface area contributed by atoms with Crippen molar-refractivity contribution >= 4 is 40.9 Å². The molecule has 2 amide bonds. The Kier molecular flexibility index (Phi) is 7.93. The van der Waals surface area contributed by atoms with E-state index in [1.165, 1.54) is 11.8 Å². The molecule has 0 saturated heterocycles. The third-order valence-corrected chi connectivity index (χ3v) is 5.87. The lowest BCUT2D eigenvalue weighted by molar-refractivity contribution is -0.113. The van der Waals surface area contributed by atoms with E-state index in [-0.39, 0.29) is 23.6 Å². The van der Waals surface area contributed by atoms with Gasteiger partial charge in [0.2, 0.25) is 5.91 Å². The zero-order valence-electron chi connectivity index (χ0n) is 18.5. The molecule has 0 aliphatic carbocycles. The van der Waals surface area contributed by atoms with Gasteiger partial charge in [0, 0.05) is 23.2 Å². The van der Waals surface area contributed by atoms with Crippen molar-refractivity contribution in [2.24, 2.45) is 0 Å². The monoisotopic (exact) mass is 471 g/mol. The normalized spacial score (nSPS) is 10.9. The Balaban J connectivity index is 1.73. The standard InChI is InChI=1S/C23H26ClN5O2S/c1-5-29-21(17-9-7-6-8-15(17)4)27-28-23(29)32-13-20(30)26-19-12-16(24)10-11-18(19)22(31)25-14(2)3/h6-12,14H,5,13H2,1-4H3,(H,25,31)(H,26,30). The fraction of sp³-hybridized carbons (Fsp3) is 0.304. The molecule has 0 aliphatic heterocycles. The summed E-state index contributed by atoms with van der Waals surface area (Å²) in [5, 5.41) is 15.3. The van der Waals surface area contributed by atoms with Crippen LogP contribution < -0.4 is 10.6 Å². The van der Waals surface area contributed by atoms with E-state index in [4.69, 9.17) is 11.6 Å². The summed E-state index contributed by atoms with van der Waals surface area (Å²) in [5.41, 5.74) is 2.86. The first-order valence-corrected chi connectivity index (χ1v) is 11.7. The van der Waals surface area contributed by atoms with Crippen molar-refractivity contribution in [1.29, 1.82) is 0 Å². The second kappa shape index (κ2) is 10.7. The van der Waals surface area contributed by atoms with Gasteiger partial charge in [-0.1, -0.05) is 47.6 Å². The van der Waals surface area contributed by atoms with Crippen LogP contribution in [0.25, 0.3) is 11.4 Å². The molecule has 0 radical (unpaired) electrons. The molecule has 2 N–H and O–H groups in total. The van der Waals surface area contributed by atoms with Crippen LogP contribution in [0.15, 0.2) is 47.6 Å². The van der Waals surface area contributed by atoms with E-state index in [9.17, 15) is 9.59 Å². The van der Waals surface area contributed by atoms with E-state index < -0.39 is 0 Å². The topological polar surface area (TPSA) is 88.9 Å². The Labute approximate surface area is 197 Å². The van der Waals surface area contributed by atoms with E-state index in [2.05, 4.69) is 20.8 Å². The first kappa shape index (κ1) is 23.8. The van der Waals surface area contributed by atoms with E-state index in [0.29, 0.717) is 28.0 Å². The van der Waals surface area contributed by atoms with Crippen LogP contribution in [-0.2, 0) is 11.3 Å². The molecule has 0 unspecified atom stereocenters. The number of hydrogen-bond donors (Lipinski definition) is 2. The summed E-state index contributed by atoms with van der Waals surface area (Å²) in [6, 6.07) is 12.8. The van der Waals surface area contributed by atoms with Crippen LogP contribution in [0.3, 0.4) is 0 Å². The van der Waals surface area contributed by atoms with Gasteiger partial charge >= 0.3 is 0 Å². The predicted molar refractivity (Wildman–Crippen MR) is 129 cm³/mol. The summed E-state index contributed by atoms with van der Waals surface area (Å²) in [6.45, 7) is 8.47. The molecule has 168 valence electrons. The average Bonchev–Trinajstić information content (AvgIpc) is 3.14. The van der Waals surface area contributed by atoms with Crippen molar-refractivity contribution < 1.29 is 9.59 Å². The molecule has 0 fully saturated rings. The minimum Gasteiger partial charge on any atom is -0.350 e. The number of benzene rings is 2. The van der Waals surface area contributed by atoms with Gasteiger partial charge in [0.1, 0.15) is 0 Å². The van der Waals surface area contributed by atoms with E-state index in [1.54, 1.807) is 18.2 Å². The van der Waals surface area contributed by atoms with Crippen LogP contribution in [0.4, 0.5) is 5.69 Å². The summed E-state index contributed by atoms with van der Waals surface area (Å²) in [6.07, 6.45) is 0. The maximum absolute atomic E-state index is 12.7. The Morgan fingerprint density at radius 3 is 2.59 bits per heavy atom. The molecule has 32 heavy (non-hydrogen) atoms. The van der Waals surface area contributed by atoms with Crippen LogP contribution in [0, 0.1) is 6.92 Å². The van der Waals surface area contributed by atoms with Crippen molar-refractivity contribution in [2.45, 2.75) is 45.4 Å². The summed E-state index contributed by atoms with van der Waals surface area (Å²) in [5.74, 6) is 0.354. The fourth-order valence-electron chi connectivity index (χ4n) is 3.18.